The minimum absolute atomic E-state index is 0.0325. The van der Waals surface area contributed by atoms with Gasteiger partial charge in [-0.3, -0.25) is 14.2 Å². The maximum Gasteiger partial charge on any atom is 0.306 e. The van der Waals surface area contributed by atoms with E-state index >= 15 is 0 Å². The number of phosphoric ester groups is 1. The highest BCUT2D eigenvalue weighted by Gasteiger charge is 2.22. The van der Waals surface area contributed by atoms with Gasteiger partial charge >= 0.3 is 11.9 Å². The number of allylic oxidation sites excluding steroid dienone is 14. The van der Waals surface area contributed by atoms with Gasteiger partial charge in [-0.05, 0) is 70.6 Å². The number of esters is 2. The summed E-state index contributed by atoms with van der Waals surface area (Å²) in [6.45, 7) is 4.18. The van der Waals surface area contributed by atoms with Crippen molar-refractivity contribution < 1.29 is 42.1 Å². The molecule has 0 saturated carbocycles. The Morgan fingerprint density at radius 3 is 0.944 bits per heavy atom. The molecule has 0 aliphatic heterocycles. The van der Waals surface area contributed by atoms with Gasteiger partial charge in [0.2, 0.25) is 0 Å². The van der Waals surface area contributed by atoms with E-state index in [0.717, 1.165) is 89.9 Å². The normalized spacial score (nSPS) is 13.5. The zero-order valence-electron chi connectivity index (χ0n) is 59.8. The molecule has 0 bridgehead atoms. The van der Waals surface area contributed by atoms with Gasteiger partial charge in [-0.15, -0.1) is 0 Å². The summed E-state index contributed by atoms with van der Waals surface area (Å²) in [4.78, 5) is 38.1. The molecule has 9 nitrogen and oxygen atoms in total. The first-order valence-corrected chi connectivity index (χ1v) is 39.8. The van der Waals surface area contributed by atoms with Gasteiger partial charge in [0.05, 0.1) is 27.7 Å². The summed E-state index contributed by atoms with van der Waals surface area (Å²) in [7, 11) is 1.17. The molecule has 0 spiro atoms. The first kappa shape index (κ1) is 87.2. The average molecular weight is 1280 g/mol. The number of phosphoric acid groups is 1. The van der Waals surface area contributed by atoms with Gasteiger partial charge in [0.1, 0.15) is 19.8 Å². The number of hydrogen-bond acceptors (Lipinski definition) is 8. The minimum atomic E-state index is -4.65. The van der Waals surface area contributed by atoms with E-state index in [4.69, 9.17) is 18.5 Å². The minimum Gasteiger partial charge on any atom is -0.756 e. The van der Waals surface area contributed by atoms with E-state index in [1.165, 1.54) is 238 Å². The molecule has 0 saturated heterocycles. The van der Waals surface area contributed by atoms with E-state index in [1.54, 1.807) is 0 Å². The Labute approximate surface area is 558 Å². The topological polar surface area (TPSA) is 111 Å². The smallest absolute Gasteiger partial charge is 0.306 e. The van der Waals surface area contributed by atoms with Crippen LogP contribution in [0, 0.1) is 0 Å². The highest BCUT2D eigenvalue weighted by atomic mass is 31.2. The van der Waals surface area contributed by atoms with Crippen molar-refractivity contribution in [3.05, 3.63) is 85.1 Å². The Hall–Kier alpha value is -2.81. The summed E-state index contributed by atoms with van der Waals surface area (Å²) in [6, 6.07) is 0. The zero-order valence-corrected chi connectivity index (χ0v) is 60.7. The van der Waals surface area contributed by atoms with Gasteiger partial charge in [-0.1, -0.05) is 362 Å². The lowest BCUT2D eigenvalue weighted by Crippen LogP contribution is -2.37. The highest BCUT2D eigenvalue weighted by molar-refractivity contribution is 7.45. The van der Waals surface area contributed by atoms with E-state index < -0.39 is 26.5 Å². The summed E-state index contributed by atoms with van der Waals surface area (Å²) < 4.78 is 34.4. The van der Waals surface area contributed by atoms with Crippen LogP contribution in [0.5, 0.6) is 0 Å². The molecule has 0 fully saturated rings. The van der Waals surface area contributed by atoms with Gasteiger partial charge in [-0.2, -0.15) is 0 Å². The number of hydrogen-bond donors (Lipinski definition) is 0. The van der Waals surface area contributed by atoms with E-state index in [-0.39, 0.29) is 32.0 Å². The third-order valence-electron chi connectivity index (χ3n) is 16.9. The Morgan fingerprint density at radius 2 is 0.633 bits per heavy atom. The monoisotopic (exact) mass is 1280 g/mol. The number of carbonyl (C=O) groups is 2. The number of likely N-dealkylation sites (N-methyl/N-ethyl adjacent to an activating group) is 1. The molecule has 0 aromatic carbocycles. The van der Waals surface area contributed by atoms with Crippen molar-refractivity contribution in [2.24, 2.45) is 0 Å². The quantitative estimate of drug-likeness (QED) is 0.0195. The van der Waals surface area contributed by atoms with Crippen LogP contribution in [0.15, 0.2) is 85.1 Å². The molecule has 2 unspecified atom stereocenters. The second kappa shape index (κ2) is 70.5. The van der Waals surface area contributed by atoms with Crippen LogP contribution in [-0.2, 0) is 32.7 Å². The highest BCUT2D eigenvalue weighted by Crippen LogP contribution is 2.38. The van der Waals surface area contributed by atoms with Crippen LogP contribution < -0.4 is 4.89 Å². The lowest BCUT2D eigenvalue weighted by molar-refractivity contribution is -0.870. The van der Waals surface area contributed by atoms with Crippen LogP contribution in [-0.4, -0.2) is 70.0 Å². The molecular formula is C80H146NO8P. The SMILES string of the molecule is CC/C=C\C/C=C\C/C=C\C/C=C\C/C=C\C/C=C\C/C=C\CCCCCCCCCCCCCC(=O)OC(COC(=O)CCCCCCCCCCCCCCCCCCCCCCCCCCCCCCCCCCC)COP(=O)([O-])OCC[N+](C)(C)C. The summed E-state index contributed by atoms with van der Waals surface area (Å²) >= 11 is 0. The van der Waals surface area contributed by atoms with Gasteiger partial charge in [0.15, 0.2) is 6.10 Å². The molecule has 0 rings (SSSR count). The maximum atomic E-state index is 12.9. The Kier molecular flexibility index (Phi) is 68.3. The zero-order chi connectivity index (χ0) is 65.5. The lowest BCUT2D eigenvalue weighted by atomic mass is 10.0. The average Bonchev–Trinajstić information content (AvgIpc) is 3.58. The van der Waals surface area contributed by atoms with E-state index in [0.29, 0.717) is 17.4 Å². The molecule has 0 radical (unpaired) electrons. The first-order valence-electron chi connectivity index (χ1n) is 38.3. The molecular weight excluding hydrogens is 1130 g/mol. The van der Waals surface area contributed by atoms with Crippen molar-refractivity contribution in [1.29, 1.82) is 0 Å². The Morgan fingerprint density at radius 1 is 0.356 bits per heavy atom. The molecule has 0 aliphatic rings. The van der Waals surface area contributed by atoms with Crippen molar-refractivity contribution in [3.63, 3.8) is 0 Å². The van der Waals surface area contributed by atoms with Gasteiger partial charge in [-0.25, -0.2) is 0 Å². The largest absolute Gasteiger partial charge is 0.756 e. The Balaban J connectivity index is 3.99. The van der Waals surface area contributed by atoms with E-state index in [9.17, 15) is 19.0 Å². The fraction of sp³-hybridized carbons (Fsp3) is 0.800. The number of carbonyl (C=O) groups excluding carboxylic acids is 2. The molecule has 2 atom stereocenters. The van der Waals surface area contributed by atoms with Crippen molar-refractivity contribution >= 4 is 19.8 Å². The van der Waals surface area contributed by atoms with E-state index in [2.05, 4.69) is 98.9 Å². The van der Waals surface area contributed by atoms with Crippen LogP contribution in [0.25, 0.3) is 0 Å². The summed E-state index contributed by atoms with van der Waals surface area (Å²) in [5.74, 6) is -0.823. The molecule has 524 valence electrons. The lowest BCUT2D eigenvalue weighted by Gasteiger charge is -2.28. The van der Waals surface area contributed by atoms with Gasteiger partial charge < -0.3 is 27.9 Å². The van der Waals surface area contributed by atoms with Crippen LogP contribution in [0.4, 0.5) is 0 Å². The van der Waals surface area contributed by atoms with Crippen LogP contribution >= 0.6 is 7.82 Å². The fourth-order valence-corrected chi connectivity index (χ4v) is 11.8. The second-order valence-electron chi connectivity index (χ2n) is 27.0. The maximum absolute atomic E-state index is 12.9. The predicted molar refractivity (Wildman–Crippen MR) is 388 cm³/mol. The van der Waals surface area contributed by atoms with Crippen molar-refractivity contribution in [1.82, 2.24) is 0 Å². The summed E-state index contributed by atoms with van der Waals surface area (Å²) in [6.07, 6.45) is 96.9. The first-order chi connectivity index (χ1) is 44.0. The molecule has 0 aliphatic carbocycles. The number of unbranched alkanes of at least 4 members (excludes halogenated alkanes) is 43. The second-order valence-corrected chi connectivity index (χ2v) is 28.4. The van der Waals surface area contributed by atoms with Crippen molar-refractivity contribution in [2.45, 2.75) is 367 Å². The predicted octanol–water partition coefficient (Wildman–Crippen LogP) is 24.6. The molecule has 0 N–H and O–H groups in total. The number of quaternary nitrogens is 1. The molecule has 10 heteroatoms. The third kappa shape index (κ3) is 74.2. The standard InChI is InChI=1S/C80H146NO8P/c1-6-8-10-12-14-16-18-20-22-24-26-28-30-32-34-36-38-40-42-44-46-48-50-52-54-56-58-60-62-64-66-68-70-72-79(82)86-76-78(77-88-90(84,85)87-75-74-81(3,4)5)89-80(83)73-71-69-67-65-63-61-59-57-55-53-51-49-47-45-43-41-39-37-35-33-31-29-27-25-23-21-19-17-15-13-11-9-7-2/h9,11,15,17,21,23,27,29,33,35,39,41,45,47,78H,6-8,10,12-14,16,18-20,22,24-26,28,30-32,34,36-38,40,42-44,46,48-77H2,1-5H3/b11-9-,17-15-,23-21-,29-27-,35-33-,41-39-,47-45-. The molecule has 0 heterocycles. The summed E-state index contributed by atoms with van der Waals surface area (Å²) in [5, 5.41) is 0. The molecule has 0 aromatic rings. The number of ether oxygens (including phenoxy) is 2. The molecule has 90 heavy (non-hydrogen) atoms. The van der Waals surface area contributed by atoms with Crippen molar-refractivity contribution in [2.75, 3.05) is 47.5 Å². The molecule has 0 aromatic heterocycles. The Bertz CT molecular complexity index is 1800. The van der Waals surface area contributed by atoms with Gasteiger partial charge in [0, 0.05) is 12.8 Å². The molecule has 0 amide bonds. The third-order valence-corrected chi connectivity index (χ3v) is 17.9. The van der Waals surface area contributed by atoms with Crippen LogP contribution in [0.3, 0.4) is 0 Å². The van der Waals surface area contributed by atoms with Gasteiger partial charge in [0.25, 0.3) is 7.82 Å². The van der Waals surface area contributed by atoms with Crippen molar-refractivity contribution in [3.8, 4) is 0 Å². The van der Waals surface area contributed by atoms with Crippen LogP contribution in [0.2, 0.25) is 0 Å². The number of rotatable bonds is 71. The fourth-order valence-electron chi connectivity index (χ4n) is 11.1. The van der Waals surface area contributed by atoms with Crippen LogP contribution in [0.1, 0.15) is 361 Å². The number of nitrogens with zero attached hydrogens (tertiary/aromatic N) is 1. The van der Waals surface area contributed by atoms with E-state index in [1.807, 2.05) is 21.1 Å². The summed E-state index contributed by atoms with van der Waals surface area (Å²) in [5.41, 5.74) is 0.